The molecule has 1 unspecified atom stereocenters. The topological polar surface area (TPSA) is 72.9 Å². The highest BCUT2D eigenvalue weighted by molar-refractivity contribution is 5.99. The van der Waals surface area contributed by atoms with E-state index in [0.717, 1.165) is 11.4 Å². The zero-order valence-corrected chi connectivity index (χ0v) is 11.1. The fourth-order valence-corrected chi connectivity index (χ4v) is 1.63. The standard InChI is InChI=1S/C14H18N4O/c1-3-14(2,15)13(19)17-11-6-4-5-7-12(11)18-9-8-16-10-18/h4-10H,3,15H2,1-2H3,(H,17,19). The maximum Gasteiger partial charge on any atom is 0.244 e. The van der Waals surface area contributed by atoms with Crippen LogP contribution in [0.3, 0.4) is 0 Å². The molecule has 3 N–H and O–H groups in total. The number of benzene rings is 1. The zero-order valence-electron chi connectivity index (χ0n) is 11.1. The van der Waals surface area contributed by atoms with Crippen molar-refractivity contribution in [1.82, 2.24) is 9.55 Å². The van der Waals surface area contributed by atoms with Crippen LogP contribution in [-0.2, 0) is 4.79 Å². The lowest BCUT2D eigenvalue weighted by atomic mass is 9.99. The molecule has 1 heterocycles. The van der Waals surface area contributed by atoms with Gasteiger partial charge in [-0.05, 0) is 25.5 Å². The number of para-hydroxylation sites is 2. The van der Waals surface area contributed by atoms with E-state index in [1.807, 2.05) is 42.0 Å². The molecule has 0 saturated heterocycles. The van der Waals surface area contributed by atoms with E-state index in [1.165, 1.54) is 0 Å². The molecule has 0 bridgehead atoms. The quantitative estimate of drug-likeness (QED) is 0.880. The number of imidazole rings is 1. The van der Waals surface area contributed by atoms with E-state index < -0.39 is 5.54 Å². The lowest BCUT2D eigenvalue weighted by molar-refractivity contribution is -0.120. The lowest BCUT2D eigenvalue weighted by Gasteiger charge is -2.22. The van der Waals surface area contributed by atoms with E-state index in [9.17, 15) is 4.79 Å². The largest absolute Gasteiger partial charge is 0.323 e. The molecule has 5 heteroatoms. The second-order valence-corrected chi connectivity index (χ2v) is 4.71. The van der Waals surface area contributed by atoms with Crippen LogP contribution in [0.25, 0.3) is 5.69 Å². The third-order valence-electron chi connectivity index (χ3n) is 3.19. The molecule has 5 nitrogen and oxygen atoms in total. The van der Waals surface area contributed by atoms with E-state index in [4.69, 9.17) is 5.73 Å². The summed E-state index contributed by atoms with van der Waals surface area (Å²) in [6.45, 7) is 3.61. The van der Waals surface area contributed by atoms with Crippen molar-refractivity contribution in [3.8, 4) is 5.69 Å². The molecule has 0 aliphatic rings. The van der Waals surface area contributed by atoms with Crippen LogP contribution in [-0.4, -0.2) is 21.0 Å². The van der Waals surface area contributed by atoms with Gasteiger partial charge in [-0.15, -0.1) is 0 Å². The molecular weight excluding hydrogens is 240 g/mol. The van der Waals surface area contributed by atoms with Gasteiger partial charge in [0.2, 0.25) is 5.91 Å². The molecule has 19 heavy (non-hydrogen) atoms. The Balaban J connectivity index is 2.29. The fraction of sp³-hybridized carbons (Fsp3) is 0.286. The van der Waals surface area contributed by atoms with Gasteiger partial charge in [-0.25, -0.2) is 4.98 Å². The lowest BCUT2D eigenvalue weighted by Crippen LogP contribution is -2.47. The summed E-state index contributed by atoms with van der Waals surface area (Å²) < 4.78 is 1.84. The van der Waals surface area contributed by atoms with Crippen LogP contribution >= 0.6 is 0 Å². The SMILES string of the molecule is CCC(C)(N)C(=O)Nc1ccccc1-n1ccnc1. The summed E-state index contributed by atoms with van der Waals surface area (Å²) in [5, 5.41) is 2.88. The van der Waals surface area contributed by atoms with Gasteiger partial charge < -0.3 is 15.6 Å². The van der Waals surface area contributed by atoms with Crippen LogP contribution in [0.1, 0.15) is 20.3 Å². The van der Waals surface area contributed by atoms with Crippen LogP contribution in [0.15, 0.2) is 43.0 Å². The first-order valence-electron chi connectivity index (χ1n) is 6.22. The van der Waals surface area contributed by atoms with Gasteiger partial charge in [-0.2, -0.15) is 0 Å². The molecule has 0 aliphatic heterocycles. The molecule has 1 atom stereocenters. The number of rotatable bonds is 4. The molecule has 1 amide bonds. The molecule has 0 aliphatic carbocycles. The van der Waals surface area contributed by atoms with E-state index in [-0.39, 0.29) is 5.91 Å². The maximum atomic E-state index is 12.1. The molecule has 0 saturated carbocycles. The van der Waals surface area contributed by atoms with Gasteiger partial charge in [0, 0.05) is 12.4 Å². The number of amides is 1. The molecule has 2 rings (SSSR count). The first kappa shape index (κ1) is 13.3. The first-order chi connectivity index (χ1) is 9.04. The van der Waals surface area contributed by atoms with Gasteiger partial charge in [-0.1, -0.05) is 19.1 Å². The van der Waals surface area contributed by atoms with E-state index in [0.29, 0.717) is 6.42 Å². The summed E-state index contributed by atoms with van der Waals surface area (Å²) in [7, 11) is 0. The number of nitrogens with zero attached hydrogens (tertiary/aromatic N) is 2. The van der Waals surface area contributed by atoms with Gasteiger partial charge >= 0.3 is 0 Å². The van der Waals surface area contributed by atoms with Crippen molar-refractivity contribution in [1.29, 1.82) is 0 Å². The number of hydrogen-bond donors (Lipinski definition) is 2. The Kier molecular flexibility index (Phi) is 3.66. The van der Waals surface area contributed by atoms with Crippen LogP contribution < -0.4 is 11.1 Å². The number of nitrogens with one attached hydrogen (secondary N) is 1. The average molecular weight is 258 g/mol. The summed E-state index contributed by atoms with van der Waals surface area (Å²) in [5.41, 5.74) is 6.65. The minimum Gasteiger partial charge on any atom is -0.323 e. The summed E-state index contributed by atoms with van der Waals surface area (Å²) in [6, 6.07) is 7.54. The summed E-state index contributed by atoms with van der Waals surface area (Å²) in [5.74, 6) is -0.192. The Hall–Kier alpha value is -2.14. The molecule has 2 aromatic rings. The predicted molar refractivity (Wildman–Crippen MR) is 75.1 cm³/mol. The van der Waals surface area contributed by atoms with Crippen LogP contribution in [0.5, 0.6) is 0 Å². The summed E-state index contributed by atoms with van der Waals surface area (Å²) in [4.78, 5) is 16.1. The smallest absolute Gasteiger partial charge is 0.244 e. The van der Waals surface area contributed by atoms with Crippen LogP contribution in [0.4, 0.5) is 5.69 Å². The van der Waals surface area contributed by atoms with Crippen LogP contribution in [0, 0.1) is 0 Å². The second kappa shape index (κ2) is 5.24. The van der Waals surface area contributed by atoms with Gasteiger partial charge in [0.1, 0.15) is 0 Å². The van der Waals surface area contributed by atoms with Crippen molar-refractivity contribution in [2.24, 2.45) is 5.73 Å². The van der Waals surface area contributed by atoms with E-state index in [1.54, 1.807) is 19.4 Å². The van der Waals surface area contributed by atoms with Gasteiger partial charge in [0.25, 0.3) is 0 Å². The van der Waals surface area contributed by atoms with Crippen molar-refractivity contribution in [2.75, 3.05) is 5.32 Å². The Bertz CT molecular complexity index is 561. The molecular formula is C14H18N4O. The molecule has 1 aromatic carbocycles. The third kappa shape index (κ3) is 2.82. The predicted octanol–water partition coefficient (Wildman–Crippen LogP) is 1.94. The van der Waals surface area contributed by atoms with Crippen LogP contribution in [0.2, 0.25) is 0 Å². The molecule has 100 valence electrons. The maximum absolute atomic E-state index is 12.1. The normalized spacial score (nSPS) is 13.8. The molecule has 0 fully saturated rings. The van der Waals surface area contributed by atoms with Gasteiger partial charge in [0.05, 0.1) is 23.2 Å². The van der Waals surface area contributed by atoms with Crippen molar-refractivity contribution >= 4 is 11.6 Å². The highest BCUT2D eigenvalue weighted by atomic mass is 16.2. The Morgan fingerprint density at radius 3 is 2.84 bits per heavy atom. The Labute approximate surface area is 112 Å². The van der Waals surface area contributed by atoms with Crippen molar-refractivity contribution < 1.29 is 4.79 Å². The van der Waals surface area contributed by atoms with Crippen molar-refractivity contribution in [3.05, 3.63) is 43.0 Å². The molecule has 0 spiro atoms. The minimum atomic E-state index is -0.873. The number of carbonyl (C=O) groups excluding carboxylic acids is 1. The number of aromatic nitrogens is 2. The number of anilines is 1. The Morgan fingerprint density at radius 2 is 2.21 bits per heavy atom. The van der Waals surface area contributed by atoms with Crippen molar-refractivity contribution in [3.63, 3.8) is 0 Å². The number of carbonyl (C=O) groups is 1. The monoisotopic (exact) mass is 258 g/mol. The van der Waals surface area contributed by atoms with E-state index >= 15 is 0 Å². The van der Waals surface area contributed by atoms with Gasteiger partial charge in [-0.3, -0.25) is 4.79 Å². The first-order valence-corrected chi connectivity index (χ1v) is 6.22. The third-order valence-corrected chi connectivity index (χ3v) is 3.19. The van der Waals surface area contributed by atoms with Crippen molar-refractivity contribution in [2.45, 2.75) is 25.8 Å². The zero-order chi connectivity index (χ0) is 13.9. The Morgan fingerprint density at radius 1 is 1.47 bits per heavy atom. The fourth-order valence-electron chi connectivity index (χ4n) is 1.63. The molecule has 1 aromatic heterocycles. The summed E-state index contributed by atoms with van der Waals surface area (Å²) >= 11 is 0. The average Bonchev–Trinajstić information content (AvgIpc) is 2.93. The number of nitrogens with two attached hydrogens (primary N) is 1. The van der Waals surface area contributed by atoms with Gasteiger partial charge in [0.15, 0.2) is 0 Å². The summed E-state index contributed by atoms with van der Waals surface area (Å²) in [6.07, 6.45) is 5.78. The second-order valence-electron chi connectivity index (χ2n) is 4.71. The highest BCUT2D eigenvalue weighted by Gasteiger charge is 2.26. The number of hydrogen-bond acceptors (Lipinski definition) is 3. The highest BCUT2D eigenvalue weighted by Crippen LogP contribution is 2.21. The minimum absolute atomic E-state index is 0.192. The van der Waals surface area contributed by atoms with E-state index in [2.05, 4.69) is 10.3 Å². The molecule has 0 radical (unpaired) electrons.